The molecule has 0 aromatic heterocycles. The van der Waals surface area contributed by atoms with E-state index in [1.54, 1.807) is 12.1 Å². The minimum atomic E-state index is -0.142. The predicted molar refractivity (Wildman–Crippen MR) is 60.2 cm³/mol. The lowest BCUT2D eigenvalue weighted by atomic mass is 10.1. The highest BCUT2D eigenvalue weighted by molar-refractivity contribution is 5.26. The topological polar surface area (TPSA) is 12.0 Å². The molecule has 1 aliphatic carbocycles. The van der Waals surface area contributed by atoms with E-state index in [9.17, 15) is 4.39 Å². The number of rotatable bonds is 3. The molecule has 0 aliphatic heterocycles. The summed E-state index contributed by atoms with van der Waals surface area (Å²) >= 11 is 0. The fourth-order valence-electron chi connectivity index (χ4n) is 2.24. The Morgan fingerprint density at radius 2 is 2.07 bits per heavy atom. The zero-order chi connectivity index (χ0) is 10.7. The Morgan fingerprint density at radius 3 is 2.73 bits per heavy atom. The summed E-state index contributed by atoms with van der Waals surface area (Å²) in [7, 11) is 0. The van der Waals surface area contributed by atoms with Crippen molar-refractivity contribution < 1.29 is 4.39 Å². The van der Waals surface area contributed by atoms with Crippen LogP contribution >= 0.6 is 0 Å². The van der Waals surface area contributed by atoms with E-state index in [2.05, 4.69) is 5.32 Å². The van der Waals surface area contributed by atoms with Crippen molar-refractivity contribution in [1.29, 1.82) is 0 Å². The monoisotopic (exact) mass is 207 g/mol. The van der Waals surface area contributed by atoms with Crippen molar-refractivity contribution in [2.24, 2.45) is 0 Å². The van der Waals surface area contributed by atoms with E-state index < -0.39 is 0 Å². The van der Waals surface area contributed by atoms with E-state index in [4.69, 9.17) is 0 Å². The lowest BCUT2D eigenvalue weighted by Gasteiger charge is -2.13. The predicted octanol–water partition coefficient (Wildman–Crippen LogP) is 3.17. The van der Waals surface area contributed by atoms with Gasteiger partial charge in [0, 0.05) is 12.6 Å². The summed E-state index contributed by atoms with van der Waals surface area (Å²) in [6.07, 6.45) is 5.28. The smallest absolute Gasteiger partial charge is 0.123 e. The molecule has 1 nitrogen and oxygen atoms in total. The van der Waals surface area contributed by atoms with Crippen molar-refractivity contribution in [2.45, 2.75) is 45.2 Å². The van der Waals surface area contributed by atoms with Gasteiger partial charge in [0.2, 0.25) is 0 Å². The standard InChI is InChI=1S/C13H18FN/c1-10-8-12(14)7-6-11(10)9-15-13-4-2-3-5-13/h6-8,13,15H,2-5,9H2,1H3. The Balaban J connectivity index is 1.92. The minimum absolute atomic E-state index is 0.142. The van der Waals surface area contributed by atoms with Crippen molar-refractivity contribution >= 4 is 0 Å². The van der Waals surface area contributed by atoms with Gasteiger partial charge in [-0.05, 0) is 43.0 Å². The molecule has 15 heavy (non-hydrogen) atoms. The van der Waals surface area contributed by atoms with Crippen LogP contribution in [0.15, 0.2) is 18.2 Å². The molecule has 0 amide bonds. The third-order valence-corrected chi connectivity index (χ3v) is 3.24. The van der Waals surface area contributed by atoms with Crippen LogP contribution in [-0.4, -0.2) is 6.04 Å². The Hall–Kier alpha value is -0.890. The van der Waals surface area contributed by atoms with E-state index in [0.29, 0.717) is 6.04 Å². The fraction of sp³-hybridized carbons (Fsp3) is 0.538. The molecule has 0 radical (unpaired) electrons. The van der Waals surface area contributed by atoms with E-state index in [1.165, 1.54) is 31.2 Å². The van der Waals surface area contributed by atoms with Gasteiger partial charge in [0.15, 0.2) is 0 Å². The lowest BCUT2D eigenvalue weighted by Crippen LogP contribution is -2.25. The molecule has 0 heterocycles. The molecule has 1 saturated carbocycles. The van der Waals surface area contributed by atoms with Gasteiger partial charge in [-0.3, -0.25) is 0 Å². The number of benzene rings is 1. The lowest BCUT2D eigenvalue weighted by molar-refractivity contribution is 0.522. The molecule has 0 saturated heterocycles. The summed E-state index contributed by atoms with van der Waals surface area (Å²) in [5.41, 5.74) is 2.25. The van der Waals surface area contributed by atoms with Crippen molar-refractivity contribution in [3.63, 3.8) is 0 Å². The second-order valence-corrected chi connectivity index (χ2v) is 4.43. The van der Waals surface area contributed by atoms with Crippen molar-refractivity contribution in [3.05, 3.63) is 35.1 Å². The normalized spacial score (nSPS) is 17.2. The summed E-state index contributed by atoms with van der Waals surface area (Å²) < 4.78 is 12.9. The number of hydrogen-bond donors (Lipinski definition) is 1. The average molecular weight is 207 g/mol. The number of aryl methyl sites for hydroxylation is 1. The van der Waals surface area contributed by atoms with Crippen molar-refractivity contribution in [3.8, 4) is 0 Å². The molecule has 82 valence electrons. The SMILES string of the molecule is Cc1cc(F)ccc1CNC1CCCC1. The number of nitrogens with one attached hydrogen (secondary N) is 1. The van der Waals surface area contributed by atoms with Gasteiger partial charge < -0.3 is 5.32 Å². The number of hydrogen-bond acceptors (Lipinski definition) is 1. The van der Waals surface area contributed by atoms with Gasteiger partial charge >= 0.3 is 0 Å². The van der Waals surface area contributed by atoms with Crippen LogP contribution in [0.3, 0.4) is 0 Å². The van der Waals surface area contributed by atoms with Crippen molar-refractivity contribution in [2.75, 3.05) is 0 Å². The molecule has 1 fully saturated rings. The van der Waals surface area contributed by atoms with E-state index in [0.717, 1.165) is 12.1 Å². The zero-order valence-corrected chi connectivity index (χ0v) is 9.22. The molecular weight excluding hydrogens is 189 g/mol. The summed E-state index contributed by atoms with van der Waals surface area (Å²) in [4.78, 5) is 0. The van der Waals surface area contributed by atoms with Gasteiger partial charge in [-0.15, -0.1) is 0 Å². The summed E-state index contributed by atoms with van der Waals surface area (Å²) in [6, 6.07) is 5.70. The minimum Gasteiger partial charge on any atom is -0.310 e. The first-order chi connectivity index (χ1) is 7.25. The van der Waals surface area contributed by atoms with Crippen LogP contribution in [0.5, 0.6) is 0 Å². The zero-order valence-electron chi connectivity index (χ0n) is 9.22. The maximum Gasteiger partial charge on any atom is 0.123 e. The first-order valence-electron chi connectivity index (χ1n) is 5.74. The maximum atomic E-state index is 12.9. The molecule has 0 atom stereocenters. The Kier molecular flexibility index (Phi) is 3.37. The van der Waals surface area contributed by atoms with Crippen LogP contribution in [0.1, 0.15) is 36.8 Å². The molecular formula is C13H18FN. The van der Waals surface area contributed by atoms with Gasteiger partial charge in [-0.1, -0.05) is 18.9 Å². The van der Waals surface area contributed by atoms with Gasteiger partial charge in [-0.25, -0.2) is 4.39 Å². The first-order valence-corrected chi connectivity index (χ1v) is 5.74. The Morgan fingerprint density at radius 1 is 1.33 bits per heavy atom. The van der Waals surface area contributed by atoms with E-state index >= 15 is 0 Å². The van der Waals surface area contributed by atoms with Crippen LogP contribution < -0.4 is 5.32 Å². The molecule has 1 aliphatic rings. The van der Waals surface area contributed by atoms with Gasteiger partial charge in [0.1, 0.15) is 5.82 Å². The molecule has 1 aromatic rings. The summed E-state index contributed by atoms with van der Waals surface area (Å²) in [5, 5.41) is 3.54. The third kappa shape index (κ3) is 2.78. The third-order valence-electron chi connectivity index (χ3n) is 3.24. The molecule has 0 bridgehead atoms. The van der Waals surface area contributed by atoms with Crippen LogP contribution in [0.4, 0.5) is 4.39 Å². The van der Waals surface area contributed by atoms with Crippen LogP contribution in [0.25, 0.3) is 0 Å². The average Bonchev–Trinajstić information content (AvgIpc) is 2.69. The van der Waals surface area contributed by atoms with Crippen LogP contribution in [-0.2, 0) is 6.54 Å². The quantitative estimate of drug-likeness (QED) is 0.802. The molecule has 0 spiro atoms. The highest BCUT2D eigenvalue weighted by Gasteiger charge is 2.14. The maximum absolute atomic E-state index is 12.9. The van der Waals surface area contributed by atoms with Gasteiger partial charge in [-0.2, -0.15) is 0 Å². The van der Waals surface area contributed by atoms with E-state index in [-0.39, 0.29) is 5.82 Å². The van der Waals surface area contributed by atoms with Gasteiger partial charge in [0.05, 0.1) is 0 Å². The molecule has 1 N–H and O–H groups in total. The fourth-order valence-corrected chi connectivity index (χ4v) is 2.24. The van der Waals surface area contributed by atoms with E-state index in [1.807, 2.05) is 13.0 Å². The summed E-state index contributed by atoms with van der Waals surface area (Å²) in [5.74, 6) is -0.142. The Labute approximate surface area is 90.7 Å². The molecule has 2 heteroatoms. The first kappa shape index (κ1) is 10.6. The Bertz CT molecular complexity index is 329. The second kappa shape index (κ2) is 4.75. The highest BCUT2D eigenvalue weighted by atomic mass is 19.1. The summed E-state index contributed by atoms with van der Waals surface area (Å²) in [6.45, 7) is 2.84. The molecule has 1 aromatic carbocycles. The van der Waals surface area contributed by atoms with Gasteiger partial charge in [0.25, 0.3) is 0 Å². The highest BCUT2D eigenvalue weighted by Crippen LogP contribution is 2.18. The van der Waals surface area contributed by atoms with Crippen LogP contribution in [0.2, 0.25) is 0 Å². The number of halogens is 1. The van der Waals surface area contributed by atoms with Crippen molar-refractivity contribution in [1.82, 2.24) is 5.32 Å². The largest absolute Gasteiger partial charge is 0.310 e. The molecule has 2 rings (SSSR count). The molecule has 0 unspecified atom stereocenters. The second-order valence-electron chi connectivity index (χ2n) is 4.43. The van der Waals surface area contributed by atoms with Crippen LogP contribution in [0, 0.1) is 12.7 Å².